The zero-order valence-corrected chi connectivity index (χ0v) is 10.9. The van der Waals surface area contributed by atoms with Gasteiger partial charge in [0.25, 0.3) is 0 Å². The van der Waals surface area contributed by atoms with Gasteiger partial charge in [0.1, 0.15) is 0 Å². The molecular weight excluding hydrogens is 208 g/mol. The fraction of sp³-hybridized carbons (Fsp3) is 0.600. The van der Waals surface area contributed by atoms with Crippen LogP contribution < -0.4 is 10.6 Å². The summed E-state index contributed by atoms with van der Waals surface area (Å²) in [6.45, 7) is 5.35. The number of nitrogens with zero attached hydrogens (tertiary/aromatic N) is 1. The molecular formula is C15H24N2. The Bertz CT molecular complexity index is 349. The standard InChI is InChI=1S/C15H24N2/c1-2-13-6-4-9-17(10-8-13)15-7-3-5-14(11-15)12-16/h3,5,7,11,13H,2,4,6,8-10,12,16H2,1H3. The van der Waals surface area contributed by atoms with Gasteiger partial charge in [-0.1, -0.05) is 25.5 Å². The van der Waals surface area contributed by atoms with E-state index in [2.05, 4.69) is 36.1 Å². The summed E-state index contributed by atoms with van der Waals surface area (Å²) < 4.78 is 0. The van der Waals surface area contributed by atoms with Crippen LogP contribution in [0.4, 0.5) is 5.69 Å². The van der Waals surface area contributed by atoms with E-state index in [1.807, 2.05) is 0 Å². The molecule has 0 saturated carbocycles. The van der Waals surface area contributed by atoms with E-state index in [1.54, 1.807) is 0 Å². The van der Waals surface area contributed by atoms with Crippen molar-refractivity contribution in [2.24, 2.45) is 11.7 Å². The number of nitrogens with two attached hydrogens (primary N) is 1. The number of benzene rings is 1. The van der Waals surface area contributed by atoms with Crippen LogP contribution in [0.2, 0.25) is 0 Å². The Morgan fingerprint density at radius 3 is 2.94 bits per heavy atom. The highest BCUT2D eigenvalue weighted by molar-refractivity contribution is 5.48. The SMILES string of the molecule is CCC1CCCN(c2cccc(CN)c2)CC1. The Hall–Kier alpha value is -1.02. The highest BCUT2D eigenvalue weighted by Gasteiger charge is 2.15. The minimum Gasteiger partial charge on any atom is -0.372 e. The second-order valence-corrected chi connectivity index (χ2v) is 5.07. The summed E-state index contributed by atoms with van der Waals surface area (Å²) in [5.74, 6) is 0.928. The summed E-state index contributed by atoms with van der Waals surface area (Å²) in [6, 6.07) is 8.69. The van der Waals surface area contributed by atoms with Crippen LogP contribution >= 0.6 is 0 Å². The summed E-state index contributed by atoms with van der Waals surface area (Å²) in [6.07, 6.45) is 5.38. The lowest BCUT2D eigenvalue weighted by Gasteiger charge is -2.23. The van der Waals surface area contributed by atoms with Crippen LogP contribution in [-0.4, -0.2) is 13.1 Å². The Labute approximate surface area is 105 Å². The summed E-state index contributed by atoms with van der Waals surface area (Å²) in [5, 5.41) is 0. The fourth-order valence-corrected chi connectivity index (χ4v) is 2.71. The third-order valence-electron chi connectivity index (χ3n) is 3.94. The first-order chi connectivity index (χ1) is 8.33. The Morgan fingerprint density at radius 1 is 1.29 bits per heavy atom. The molecule has 0 aromatic heterocycles. The quantitative estimate of drug-likeness (QED) is 0.867. The lowest BCUT2D eigenvalue weighted by molar-refractivity contribution is 0.459. The first-order valence-corrected chi connectivity index (χ1v) is 6.87. The maximum atomic E-state index is 5.70. The highest BCUT2D eigenvalue weighted by Crippen LogP contribution is 2.24. The topological polar surface area (TPSA) is 29.3 Å². The Balaban J connectivity index is 2.05. The molecule has 2 rings (SSSR count). The average molecular weight is 232 g/mol. The van der Waals surface area contributed by atoms with E-state index in [9.17, 15) is 0 Å². The van der Waals surface area contributed by atoms with Crippen LogP contribution in [0.3, 0.4) is 0 Å². The van der Waals surface area contributed by atoms with Crippen molar-refractivity contribution in [2.45, 2.75) is 39.2 Å². The van der Waals surface area contributed by atoms with Crippen molar-refractivity contribution in [3.05, 3.63) is 29.8 Å². The van der Waals surface area contributed by atoms with Crippen LogP contribution in [-0.2, 0) is 6.54 Å². The van der Waals surface area contributed by atoms with Gasteiger partial charge in [-0.2, -0.15) is 0 Å². The average Bonchev–Trinajstić information content (AvgIpc) is 2.64. The minimum atomic E-state index is 0.638. The monoisotopic (exact) mass is 232 g/mol. The molecule has 1 heterocycles. The van der Waals surface area contributed by atoms with Crippen molar-refractivity contribution in [3.8, 4) is 0 Å². The first-order valence-electron chi connectivity index (χ1n) is 6.87. The molecule has 2 heteroatoms. The molecule has 94 valence electrons. The number of hydrogen-bond donors (Lipinski definition) is 1. The zero-order valence-electron chi connectivity index (χ0n) is 10.9. The molecule has 1 saturated heterocycles. The van der Waals surface area contributed by atoms with Gasteiger partial charge in [-0.25, -0.2) is 0 Å². The summed E-state index contributed by atoms with van der Waals surface area (Å²) in [7, 11) is 0. The van der Waals surface area contributed by atoms with Gasteiger partial charge in [0, 0.05) is 25.3 Å². The summed E-state index contributed by atoms with van der Waals surface area (Å²) >= 11 is 0. The van der Waals surface area contributed by atoms with Crippen LogP contribution in [0.25, 0.3) is 0 Å². The molecule has 17 heavy (non-hydrogen) atoms. The van der Waals surface area contributed by atoms with E-state index in [4.69, 9.17) is 5.73 Å². The molecule has 1 aliphatic rings. The molecule has 1 atom stereocenters. The zero-order chi connectivity index (χ0) is 12.1. The van der Waals surface area contributed by atoms with Gasteiger partial charge < -0.3 is 10.6 Å². The van der Waals surface area contributed by atoms with E-state index in [0.29, 0.717) is 6.54 Å². The van der Waals surface area contributed by atoms with Gasteiger partial charge in [-0.3, -0.25) is 0 Å². The molecule has 1 aromatic rings. The van der Waals surface area contributed by atoms with Crippen LogP contribution in [0.1, 0.15) is 38.2 Å². The van der Waals surface area contributed by atoms with Crippen molar-refractivity contribution in [3.63, 3.8) is 0 Å². The normalized spacial score (nSPS) is 21.3. The van der Waals surface area contributed by atoms with E-state index in [0.717, 1.165) is 5.92 Å². The molecule has 2 nitrogen and oxygen atoms in total. The Kier molecular flexibility index (Phi) is 4.43. The molecule has 0 radical (unpaired) electrons. The van der Waals surface area contributed by atoms with Crippen molar-refractivity contribution in [1.29, 1.82) is 0 Å². The van der Waals surface area contributed by atoms with Crippen LogP contribution in [0.15, 0.2) is 24.3 Å². The van der Waals surface area contributed by atoms with E-state index < -0.39 is 0 Å². The van der Waals surface area contributed by atoms with Crippen molar-refractivity contribution >= 4 is 5.69 Å². The molecule has 1 aromatic carbocycles. The van der Waals surface area contributed by atoms with E-state index >= 15 is 0 Å². The van der Waals surface area contributed by atoms with E-state index in [1.165, 1.54) is 50.0 Å². The number of rotatable bonds is 3. The van der Waals surface area contributed by atoms with Gasteiger partial charge in [0.15, 0.2) is 0 Å². The van der Waals surface area contributed by atoms with Crippen molar-refractivity contribution in [2.75, 3.05) is 18.0 Å². The lowest BCUT2D eigenvalue weighted by atomic mass is 9.98. The minimum absolute atomic E-state index is 0.638. The maximum absolute atomic E-state index is 5.70. The third kappa shape index (κ3) is 3.22. The molecule has 1 unspecified atom stereocenters. The van der Waals surface area contributed by atoms with Crippen molar-refractivity contribution in [1.82, 2.24) is 0 Å². The largest absolute Gasteiger partial charge is 0.372 e. The molecule has 0 bridgehead atoms. The third-order valence-corrected chi connectivity index (χ3v) is 3.94. The van der Waals surface area contributed by atoms with Gasteiger partial charge in [-0.15, -0.1) is 0 Å². The van der Waals surface area contributed by atoms with Gasteiger partial charge in [0.05, 0.1) is 0 Å². The fourth-order valence-electron chi connectivity index (χ4n) is 2.71. The van der Waals surface area contributed by atoms with Gasteiger partial charge >= 0.3 is 0 Å². The molecule has 1 fully saturated rings. The molecule has 2 N–H and O–H groups in total. The first kappa shape index (κ1) is 12.4. The maximum Gasteiger partial charge on any atom is 0.0369 e. The van der Waals surface area contributed by atoms with E-state index in [-0.39, 0.29) is 0 Å². The van der Waals surface area contributed by atoms with Gasteiger partial charge in [0.2, 0.25) is 0 Å². The summed E-state index contributed by atoms with van der Waals surface area (Å²) in [4.78, 5) is 2.52. The highest BCUT2D eigenvalue weighted by atomic mass is 15.1. The molecule has 0 spiro atoms. The van der Waals surface area contributed by atoms with Crippen LogP contribution in [0.5, 0.6) is 0 Å². The van der Waals surface area contributed by atoms with Gasteiger partial charge in [-0.05, 0) is 42.9 Å². The number of hydrogen-bond acceptors (Lipinski definition) is 2. The second kappa shape index (κ2) is 6.06. The summed E-state index contributed by atoms with van der Waals surface area (Å²) in [5.41, 5.74) is 8.29. The molecule has 1 aliphatic heterocycles. The predicted molar refractivity (Wildman–Crippen MR) is 74.2 cm³/mol. The van der Waals surface area contributed by atoms with Crippen molar-refractivity contribution < 1.29 is 0 Å². The Morgan fingerprint density at radius 2 is 2.18 bits per heavy atom. The smallest absolute Gasteiger partial charge is 0.0369 e. The molecule has 0 aliphatic carbocycles. The predicted octanol–water partition coefficient (Wildman–Crippen LogP) is 3.16. The lowest BCUT2D eigenvalue weighted by Crippen LogP contribution is -2.24. The molecule has 0 amide bonds. The van der Waals surface area contributed by atoms with Crippen LogP contribution in [0, 0.1) is 5.92 Å². The number of anilines is 1. The second-order valence-electron chi connectivity index (χ2n) is 5.07.